The zero-order valence-corrected chi connectivity index (χ0v) is 8.56. The van der Waals surface area contributed by atoms with Crippen LogP contribution < -0.4 is 4.74 Å². The number of methoxy groups -OCH3 is 1. The van der Waals surface area contributed by atoms with Crippen molar-refractivity contribution in [3.63, 3.8) is 0 Å². The number of hydrogen-bond acceptors (Lipinski definition) is 3. The normalized spacial score (nSPS) is 11.1. The van der Waals surface area contributed by atoms with Gasteiger partial charge >= 0.3 is 0 Å². The summed E-state index contributed by atoms with van der Waals surface area (Å²) in [6.45, 7) is 4.31. The summed E-state index contributed by atoms with van der Waals surface area (Å²) < 4.78 is 6.82. The molecule has 4 nitrogen and oxygen atoms in total. The van der Waals surface area contributed by atoms with Crippen LogP contribution in [0.25, 0.3) is 5.52 Å². The van der Waals surface area contributed by atoms with E-state index in [4.69, 9.17) is 4.74 Å². The van der Waals surface area contributed by atoms with Gasteiger partial charge in [0.25, 0.3) is 5.88 Å². The number of ether oxygens (including phenoxy) is 1. The van der Waals surface area contributed by atoms with Crippen LogP contribution in [-0.2, 0) is 0 Å². The molecule has 2 heterocycles. The van der Waals surface area contributed by atoms with Crippen LogP contribution in [0.4, 0.5) is 0 Å². The van der Waals surface area contributed by atoms with Gasteiger partial charge in [-0.2, -0.15) is 0 Å². The second kappa shape index (κ2) is 3.29. The van der Waals surface area contributed by atoms with Crippen molar-refractivity contribution in [2.75, 3.05) is 7.11 Å². The smallest absolute Gasteiger partial charge is 0.261 e. The van der Waals surface area contributed by atoms with E-state index < -0.39 is 0 Å². The molecule has 0 aliphatic heterocycles. The SMILES string of the molecule is COc1nnn2ccc(C(C)C)cc12. The molecule has 74 valence electrons. The average molecular weight is 191 g/mol. The Labute approximate surface area is 82.5 Å². The predicted octanol–water partition coefficient (Wildman–Crippen LogP) is 1.86. The van der Waals surface area contributed by atoms with E-state index in [1.807, 2.05) is 12.3 Å². The first-order valence-corrected chi connectivity index (χ1v) is 4.61. The summed E-state index contributed by atoms with van der Waals surface area (Å²) in [6.07, 6.45) is 1.90. The largest absolute Gasteiger partial charge is 0.478 e. The van der Waals surface area contributed by atoms with Gasteiger partial charge in [-0.15, -0.1) is 0 Å². The fraction of sp³-hybridized carbons (Fsp3) is 0.400. The van der Waals surface area contributed by atoms with E-state index in [1.54, 1.807) is 11.6 Å². The van der Waals surface area contributed by atoms with Gasteiger partial charge in [-0.25, -0.2) is 4.52 Å². The third kappa shape index (κ3) is 1.32. The number of fused-ring (bicyclic) bond motifs is 1. The van der Waals surface area contributed by atoms with E-state index in [1.165, 1.54) is 5.56 Å². The van der Waals surface area contributed by atoms with Gasteiger partial charge in [-0.3, -0.25) is 0 Å². The van der Waals surface area contributed by atoms with Gasteiger partial charge in [0.1, 0.15) is 5.52 Å². The van der Waals surface area contributed by atoms with Crippen LogP contribution in [0, 0.1) is 0 Å². The molecule has 0 N–H and O–H groups in total. The zero-order chi connectivity index (χ0) is 10.1. The van der Waals surface area contributed by atoms with E-state index >= 15 is 0 Å². The second-order valence-corrected chi connectivity index (χ2v) is 3.54. The highest BCUT2D eigenvalue weighted by atomic mass is 16.5. The molecule has 0 bridgehead atoms. The lowest BCUT2D eigenvalue weighted by Crippen LogP contribution is -1.92. The summed E-state index contributed by atoms with van der Waals surface area (Å²) in [5, 5.41) is 7.84. The van der Waals surface area contributed by atoms with Crippen molar-refractivity contribution in [3.8, 4) is 5.88 Å². The van der Waals surface area contributed by atoms with Gasteiger partial charge in [0.05, 0.1) is 7.11 Å². The van der Waals surface area contributed by atoms with Crippen molar-refractivity contribution >= 4 is 5.52 Å². The minimum Gasteiger partial charge on any atom is -0.478 e. The summed E-state index contributed by atoms with van der Waals surface area (Å²) in [7, 11) is 1.60. The Morgan fingerprint density at radius 1 is 1.43 bits per heavy atom. The van der Waals surface area contributed by atoms with Crippen molar-refractivity contribution in [3.05, 3.63) is 23.9 Å². The minimum absolute atomic E-state index is 0.500. The number of aromatic nitrogens is 3. The maximum Gasteiger partial charge on any atom is 0.261 e. The lowest BCUT2D eigenvalue weighted by molar-refractivity contribution is 0.401. The summed E-state index contributed by atoms with van der Waals surface area (Å²) in [5.41, 5.74) is 2.18. The molecule has 2 aromatic heterocycles. The van der Waals surface area contributed by atoms with E-state index in [0.29, 0.717) is 11.8 Å². The summed E-state index contributed by atoms with van der Waals surface area (Å²) in [5.74, 6) is 1.08. The Hall–Kier alpha value is -1.58. The number of hydrogen-bond donors (Lipinski definition) is 0. The maximum absolute atomic E-state index is 5.11. The monoisotopic (exact) mass is 191 g/mol. The molecule has 0 saturated heterocycles. The lowest BCUT2D eigenvalue weighted by atomic mass is 10.1. The molecule has 0 unspecified atom stereocenters. The van der Waals surface area contributed by atoms with Gasteiger partial charge < -0.3 is 4.74 Å². The second-order valence-electron chi connectivity index (χ2n) is 3.54. The summed E-state index contributed by atoms with van der Waals surface area (Å²) in [4.78, 5) is 0. The van der Waals surface area contributed by atoms with Crippen molar-refractivity contribution in [2.45, 2.75) is 19.8 Å². The molecule has 2 rings (SSSR count). The lowest BCUT2D eigenvalue weighted by Gasteiger charge is -2.04. The third-order valence-corrected chi connectivity index (χ3v) is 2.27. The number of pyridine rings is 1. The molecule has 0 amide bonds. The molecule has 0 radical (unpaired) electrons. The Balaban J connectivity index is 2.61. The predicted molar refractivity (Wildman–Crippen MR) is 53.6 cm³/mol. The maximum atomic E-state index is 5.11. The first-order chi connectivity index (χ1) is 6.72. The first kappa shape index (κ1) is 8.99. The molecule has 0 saturated carbocycles. The fourth-order valence-corrected chi connectivity index (χ4v) is 1.39. The van der Waals surface area contributed by atoms with Gasteiger partial charge in [-0.1, -0.05) is 24.2 Å². The van der Waals surface area contributed by atoms with Crippen molar-refractivity contribution in [1.29, 1.82) is 0 Å². The van der Waals surface area contributed by atoms with Gasteiger partial charge in [0.15, 0.2) is 0 Å². The quantitative estimate of drug-likeness (QED) is 0.727. The molecule has 0 atom stereocenters. The standard InChI is InChI=1S/C10H13N3O/c1-7(2)8-4-5-13-9(6-8)10(14-3)11-12-13/h4-7H,1-3H3. The molecule has 0 spiro atoms. The van der Waals surface area contributed by atoms with Crippen LogP contribution in [-0.4, -0.2) is 21.9 Å². The van der Waals surface area contributed by atoms with E-state index in [-0.39, 0.29) is 0 Å². The van der Waals surface area contributed by atoms with Gasteiger partial charge in [-0.05, 0) is 23.6 Å². The van der Waals surface area contributed by atoms with E-state index in [9.17, 15) is 0 Å². The molecule has 0 aromatic carbocycles. The van der Waals surface area contributed by atoms with Crippen molar-refractivity contribution in [2.24, 2.45) is 0 Å². The average Bonchev–Trinajstić information content (AvgIpc) is 2.59. The minimum atomic E-state index is 0.500. The number of rotatable bonds is 2. The molecule has 2 aromatic rings. The molecule has 0 aliphatic carbocycles. The van der Waals surface area contributed by atoms with Crippen LogP contribution in [0.2, 0.25) is 0 Å². The molecule has 0 fully saturated rings. The summed E-state index contributed by atoms with van der Waals surface area (Å²) in [6, 6.07) is 4.11. The van der Waals surface area contributed by atoms with E-state index in [0.717, 1.165) is 5.52 Å². The van der Waals surface area contributed by atoms with Crippen molar-refractivity contribution < 1.29 is 4.74 Å². The highest BCUT2D eigenvalue weighted by Crippen LogP contribution is 2.20. The topological polar surface area (TPSA) is 39.4 Å². The van der Waals surface area contributed by atoms with Gasteiger partial charge in [0.2, 0.25) is 0 Å². The first-order valence-electron chi connectivity index (χ1n) is 4.61. The highest BCUT2D eigenvalue weighted by molar-refractivity contribution is 5.57. The fourth-order valence-electron chi connectivity index (χ4n) is 1.39. The zero-order valence-electron chi connectivity index (χ0n) is 8.56. The van der Waals surface area contributed by atoms with Crippen LogP contribution in [0.5, 0.6) is 5.88 Å². The molecular formula is C10H13N3O. The van der Waals surface area contributed by atoms with Crippen LogP contribution in [0.15, 0.2) is 18.3 Å². The Morgan fingerprint density at radius 2 is 2.21 bits per heavy atom. The van der Waals surface area contributed by atoms with Gasteiger partial charge in [0, 0.05) is 6.20 Å². The van der Waals surface area contributed by atoms with Crippen LogP contribution >= 0.6 is 0 Å². The molecule has 14 heavy (non-hydrogen) atoms. The Bertz CT molecular complexity index is 448. The van der Waals surface area contributed by atoms with Crippen LogP contribution in [0.1, 0.15) is 25.3 Å². The van der Waals surface area contributed by atoms with E-state index in [2.05, 4.69) is 30.2 Å². The Morgan fingerprint density at radius 3 is 2.86 bits per heavy atom. The number of nitrogens with zero attached hydrogens (tertiary/aromatic N) is 3. The molecule has 4 heteroatoms. The Kier molecular flexibility index (Phi) is 2.11. The highest BCUT2D eigenvalue weighted by Gasteiger charge is 2.07. The van der Waals surface area contributed by atoms with Crippen LogP contribution in [0.3, 0.4) is 0 Å². The molecule has 0 aliphatic rings. The summed E-state index contributed by atoms with van der Waals surface area (Å²) >= 11 is 0. The van der Waals surface area contributed by atoms with Crippen molar-refractivity contribution in [1.82, 2.24) is 14.8 Å². The third-order valence-electron chi connectivity index (χ3n) is 2.27. The molecular weight excluding hydrogens is 178 g/mol.